The number of nitriles is 1. The van der Waals surface area contributed by atoms with Crippen LogP contribution in [-0.4, -0.2) is 23.0 Å². The van der Waals surface area contributed by atoms with Gasteiger partial charge in [-0.1, -0.05) is 6.07 Å². The molecule has 0 amide bonds. The number of hydrogen-bond acceptors (Lipinski definition) is 3. The minimum absolute atomic E-state index is 0.0676. The average Bonchev–Trinajstić information content (AvgIpc) is 2.18. The number of aromatic nitrogens is 1. The maximum absolute atomic E-state index is 8.67. The van der Waals surface area contributed by atoms with Gasteiger partial charge in [0.15, 0.2) is 0 Å². The van der Waals surface area contributed by atoms with Crippen molar-refractivity contribution in [1.29, 1.82) is 5.26 Å². The van der Waals surface area contributed by atoms with Crippen molar-refractivity contribution in [2.75, 3.05) is 7.05 Å². The van der Waals surface area contributed by atoms with Crippen LogP contribution >= 0.6 is 0 Å². The standard InChI is InChI=1S/C10H13N3/c1-9(7-11)13(2)8-10-5-3-4-6-12-10/h3-6,9H,8H2,1-2H3. The summed E-state index contributed by atoms with van der Waals surface area (Å²) in [4.78, 5) is 6.14. The van der Waals surface area contributed by atoms with E-state index in [0.717, 1.165) is 12.2 Å². The second-order valence-electron chi connectivity index (χ2n) is 3.04. The maximum atomic E-state index is 8.67. The van der Waals surface area contributed by atoms with Crippen LogP contribution in [0.2, 0.25) is 0 Å². The molecule has 0 aliphatic carbocycles. The van der Waals surface area contributed by atoms with E-state index in [-0.39, 0.29) is 6.04 Å². The number of pyridine rings is 1. The summed E-state index contributed by atoms with van der Waals surface area (Å²) in [5.74, 6) is 0. The largest absolute Gasteiger partial charge is 0.285 e. The van der Waals surface area contributed by atoms with Crippen LogP contribution in [0.15, 0.2) is 24.4 Å². The Morgan fingerprint density at radius 2 is 2.38 bits per heavy atom. The number of rotatable bonds is 3. The van der Waals surface area contributed by atoms with Gasteiger partial charge in [-0.25, -0.2) is 0 Å². The zero-order valence-electron chi connectivity index (χ0n) is 7.94. The lowest BCUT2D eigenvalue weighted by molar-refractivity contribution is 0.291. The van der Waals surface area contributed by atoms with Gasteiger partial charge >= 0.3 is 0 Å². The molecule has 1 heterocycles. The van der Waals surface area contributed by atoms with Crippen molar-refractivity contribution in [2.24, 2.45) is 0 Å². The highest BCUT2D eigenvalue weighted by atomic mass is 15.1. The van der Waals surface area contributed by atoms with Crippen LogP contribution in [0.4, 0.5) is 0 Å². The molecule has 0 bridgehead atoms. The fraction of sp³-hybridized carbons (Fsp3) is 0.400. The summed E-state index contributed by atoms with van der Waals surface area (Å²) in [6.45, 7) is 2.60. The van der Waals surface area contributed by atoms with Gasteiger partial charge < -0.3 is 0 Å². The molecule has 0 spiro atoms. The first-order valence-corrected chi connectivity index (χ1v) is 4.24. The predicted molar refractivity (Wildman–Crippen MR) is 50.8 cm³/mol. The molecule has 1 atom stereocenters. The topological polar surface area (TPSA) is 39.9 Å². The molecule has 0 N–H and O–H groups in total. The Bertz CT molecular complexity index is 289. The van der Waals surface area contributed by atoms with Crippen LogP contribution in [0.1, 0.15) is 12.6 Å². The minimum atomic E-state index is -0.0676. The molecule has 3 heteroatoms. The molecule has 1 unspecified atom stereocenters. The van der Waals surface area contributed by atoms with E-state index in [2.05, 4.69) is 11.1 Å². The molecule has 0 aliphatic rings. The summed E-state index contributed by atoms with van der Waals surface area (Å²) in [5.41, 5.74) is 0.993. The van der Waals surface area contributed by atoms with Crippen LogP contribution in [0.25, 0.3) is 0 Å². The van der Waals surface area contributed by atoms with Crippen molar-refractivity contribution in [1.82, 2.24) is 9.88 Å². The van der Waals surface area contributed by atoms with Crippen molar-refractivity contribution in [3.8, 4) is 6.07 Å². The van der Waals surface area contributed by atoms with E-state index in [9.17, 15) is 0 Å². The third kappa shape index (κ3) is 2.85. The zero-order valence-corrected chi connectivity index (χ0v) is 7.94. The van der Waals surface area contributed by atoms with Crippen LogP contribution in [0.3, 0.4) is 0 Å². The lowest BCUT2D eigenvalue weighted by Gasteiger charge is -2.17. The van der Waals surface area contributed by atoms with Crippen molar-refractivity contribution in [2.45, 2.75) is 19.5 Å². The molecule has 0 radical (unpaired) electrons. The maximum Gasteiger partial charge on any atom is 0.0950 e. The minimum Gasteiger partial charge on any atom is -0.285 e. The Kier molecular flexibility index (Phi) is 3.41. The molecule has 68 valence electrons. The molecule has 13 heavy (non-hydrogen) atoms. The molecule has 0 saturated carbocycles. The number of nitrogens with zero attached hydrogens (tertiary/aromatic N) is 3. The number of hydrogen-bond donors (Lipinski definition) is 0. The van der Waals surface area contributed by atoms with Crippen molar-refractivity contribution >= 4 is 0 Å². The fourth-order valence-corrected chi connectivity index (χ4v) is 0.983. The predicted octanol–water partition coefficient (Wildman–Crippen LogP) is 1.43. The van der Waals surface area contributed by atoms with Crippen LogP contribution in [0, 0.1) is 11.3 Å². The third-order valence-electron chi connectivity index (χ3n) is 1.99. The second-order valence-corrected chi connectivity index (χ2v) is 3.04. The molecule has 1 aromatic heterocycles. The molecule has 3 nitrogen and oxygen atoms in total. The van der Waals surface area contributed by atoms with E-state index in [1.54, 1.807) is 6.20 Å². The molecule has 0 fully saturated rings. The first-order chi connectivity index (χ1) is 6.24. The first-order valence-electron chi connectivity index (χ1n) is 4.24. The van der Waals surface area contributed by atoms with E-state index < -0.39 is 0 Å². The second kappa shape index (κ2) is 4.58. The summed E-state index contributed by atoms with van der Waals surface area (Å²) in [5, 5.41) is 8.67. The Balaban J connectivity index is 2.56. The van der Waals surface area contributed by atoms with Gasteiger partial charge in [-0.3, -0.25) is 9.88 Å². The highest BCUT2D eigenvalue weighted by Crippen LogP contribution is 2.01. The summed E-state index contributed by atoms with van der Waals surface area (Å²) >= 11 is 0. The summed E-state index contributed by atoms with van der Waals surface area (Å²) in [7, 11) is 1.92. The lowest BCUT2D eigenvalue weighted by Crippen LogP contribution is -2.27. The van der Waals surface area contributed by atoms with Gasteiger partial charge in [-0.15, -0.1) is 0 Å². The van der Waals surface area contributed by atoms with Crippen LogP contribution in [0.5, 0.6) is 0 Å². The summed E-state index contributed by atoms with van der Waals surface area (Å²) < 4.78 is 0. The van der Waals surface area contributed by atoms with E-state index in [0.29, 0.717) is 0 Å². The van der Waals surface area contributed by atoms with Crippen LogP contribution in [-0.2, 0) is 6.54 Å². The Hall–Kier alpha value is -1.40. The highest BCUT2D eigenvalue weighted by Gasteiger charge is 2.07. The van der Waals surface area contributed by atoms with Crippen LogP contribution < -0.4 is 0 Å². The monoisotopic (exact) mass is 175 g/mol. The van der Waals surface area contributed by atoms with Gasteiger partial charge in [0.2, 0.25) is 0 Å². The molecular weight excluding hydrogens is 162 g/mol. The van der Waals surface area contributed by atoms with E-state index >= 15 is 0 Å². The molecule has 0 saturated heterocycles. The smallest absolute Gasteiger partial charge is 0.0950 e. The average molecular weight is 175 g/mol. The SMILES string of the molecule is CC(C#N)N(C)Cc1ccccn1. The van der Waals surface area contributed by atoms with E-state index in [1.807, 2.05) is 37.1 Å². The van der Waals surface area contributed by atoms with Gasteiger partial charge in [0.1, 0.15) is 0 Å². The van der Waals surface area contributed by atoms with Gasteiger partial charge in [0, 0.05) is 12.7 Å². The Morgan fingerprint density at radius 3 is 2.92 bits per heavy atom. The molecule has 1 aromatic rings. The van der Waals surface area contributed by atoms with Crippen molar-refractivity contribution in [3.63, 3.8) is 0 Å². The van der Waals surface area contributed by atoms with E-state index in [4.69, 9.17) is 5.26 Å². The third-order valence-corrected chi connectivity index (χ3v) is 1.99. The quantitative estimate of drug-likeness (QED) is 0.697. The van der Waals surface area contributed by atoms with Crippen molar-refractivity contribution < 1.29 is 0 Å². The molecule has 1 rings (SSSR count). The Morgan fingerprint density at radius 1 is 1.62 bits per heavy atom. The molecular formula is C10H13N3. The van der Waals surface area contributed by atoms with Gasteiger partial charge in [0.05, 0.1) is 17.8 Å². The molecule has 0 aromatic carbocycles. The molecule has 0 aliphatic heterocycles. The Labute approximate surface area is 78.6 Å². The van der Waals surface area contributed by atoms with Gasteiger partial charge in [-0.05, 0) is 26.1 Å². The fourth-order valence-electron chi connectivity index (χ4n) is 0.983. The van der Waals surface area contributed by atoms with Gasteiger partial charge in [0.25, 0.3) is 0 Å². The lowest BCUT2D eigenvalue weighted by atomic mass is 10.3. The highest BCUT2D eigenvalue weighted by molar-refractivity contribution is 5.04. The van der Waals surface area contributed by atoms with Gasteiger partial charge in [-0.2, -0.15) is 5.26 Å². The summed E-state index contributed by atoms with van der Waals surface area (Å²) in [6, 6.07) is 7.91. The van der Waals surface area contributed by atoms with Crippen molar-refractivity contribution in [3.05, 3.63) is 30.1 Å². The summed E-state index contributed by atoms with van der Waals surface area (Å²) in [6.07, 6.45) is 1.76. The normalized spacial score (nSPS) is 12.5. The van der Waals surface area contributed by atoms with E-state index in [1.165, 1.54) is 0 Å². The zero-order chi connectivity index (χ0) is 9.68. The first kappa shape index (κ1) is 9.69.